The van der Waals surface area contributed by atoms with Crippen LogP contribution in [0.1, 0.15) is 18.9 Å². The van der Waals surface area contributed by atoms with Crippen molar-refractivity contribution in [3.05, 3.63) is 28.8 Å². The van der Waals surface area contributed by atoms with E-state index in [9.17, 15) is 0 Å². The van der Waals surface area contributed by atoms with Gasteiger partial charge in [0, 0.05) is 5.02 Å². The number of methoxy groups -OCH3 is 1. The summed E-state index contributed by atoms with van der Waals surface area (Å²) in [4.78, 5) is 0. The highest BCUT2D eigenvalue weighted by Crippen LogP contribution is 2.29. The van der Waals surface area contributed by atoms with Gasteiger partial charge < -0.3 is 9.47 Å². The molecule has 2 unspecified atom stereocenters. The standard InChI is InChI=1S/C12H15ClO2/c1-8-12(15-8)6-4-9-3-5-10(14-2)7-11(9)13/h3,5,7-8,12H,4,6H2,1-2H3. The van der Waals surface area contributed by atoms with E-state index in [1.54, 1.807) is 7.11 Å². The molecule has 0 amide bonds. The Labute approximate surface area is 95.1 Å². The third-order valence-corrected chi connectivity index (χ3v) is 3.15. The average molecular weight is 227 g/mol. The highest BCUT2D eigenvalue weighted by Gasteiger charge is 2.33. The van der Waals surface area contributed by atoms with Gasteiger partial charge in [0.05, 0.1) is 19.3 Å². The van der Waals surface area contributed by atoms with Gasteiger partial charge in [-0.25, -0.2) is 0 Å². The first kappa shape index (κ1) is 10.8. The number of rotatable bonds is 4. The van der Waals surface area contributed by atoms with Crippen LogP contribution in [0, 0.1) is 0 Å². The molecule has 1 aliphatic heterocycles. The molecule has 0 N–H and O–H groups in total. The molecule has 1 fully saturated rings. The van der Waals surface area contributed by atoms with Gasteiger partial charge in [-0.05, 0) is 37.5 Å². The first-order valence-electron chi connectivity index (χ1n) is 5.18. The van der Waals surface area contributed by atoms with Gasteiger partial charge in [-0.15, -0.1) is 0 Å². The first-order chi connectivity index (χ1) is 7.20. The predicted octanol–water partition coefficient (Wildman–Crippen LogP) is 3.07. The van der Waals surface area contributed by atoms with E-state index in [-0.39, 0.29) is 0 Å². The number of epoxide rings is 1. The molecule has 1 heterocycles. The van der Waals surface area contributed by atoms with Gasteiger partial charge in [0.15, 0.2) is 0 Å². The fourth-order valence-corrected chi connectivity index (χ4v) is 1.95. The molecular formula is C12H15ClO2. The Morgan fingerprint density at radius 1 is 1.47 bits per heavy atom. The maximum absolute atomic E-state index is 6.13. The summed E-state index contributed by atoms with van der Waals surface area (Å²) < 4.78 is 10.5. The number of hydrogen-bond acceptors (Lipinski definition) is 2. The SMILES string of the molecule is COc1ccc(CCC2OC2C)c(Cl)c1. The van der Waals surface area contributed by atoms with Crippen molar-refractivity contribution in [2.45, 2.75) is 32.0 Å². The molecule has 0 aliphatic carbocycles. The first-order valence-corrected chi connectivity index (χ1v) is 5.56. The van der Waals surface area contributed by atoms with Crippen molar-refractivity contribution < 1.29 is 9.47 Å². The molecule has 0 radical (unpaired) electrons. The molecule has 82 valence electrons. The molecule has 0 aromatic heterocycles. The summed E-state index contributed by atoms with van der Waals surface area (Å²) in [7, 11) is 1.64. The Bertz CT molecular complexity index is 351. The van der Waals surface area contributed by atoms with Crippen molar-refractivity contribution in [1.29, 1.82) is 0 Å². The molecule has 1 aromatic rings. The third-order valence-electron chi connectivity index (χ3n) is 2.79. The monoisotopic (exact) mass is 226 g/mol. The predicted molar refractivity (Wildman–Crippen MR) is 60.7 cm³/mol. The van der Waals surface area contributed by atoms with Gasteiger partial charge in [0.2, 0.25) is 0 Å². The minimum absolute atomic E-state index is 0.432. The summed E-state index contributed by atoms with van der Waals surface area (Å²) in [5.41, 5.74) is 1.17. The topological polar surface area (TPSA) is 21.8 Å². The zero-order chi connectivity index (χ0) is 10.8. The Kier molecular flexibility index (Phi) is 3.17. The second kappa shape index (κ2) is 4.42. The summed E-state index contributed by atoms with van der Waals surface area (Å²) in [5, 5.41) is 0.780. The fraction of sp³-hybridized carbons (Fsp3) is 0.500. The lowest BCUT2D eigenvalue weighted by molar-refractivity contribution is 0.370. The van der Waals surface area contributed by atoms with Crippen LogP contribution in [0.25, 0.3) is 0 Å². The Balaban J connectivity index is 1.95. The molecule has 2 rings (SSSR count). The molecule has 1 saturated heterocycles. The Morgan fingerprint density at radius 2 is 2.20 bits per heavy atom. The second-order valence-electron chi connectivity index (χ2n) is 3.88. The summed E-state index contributed by atoms with van der Waals surface area (Å²) >= 11 is 6.13. The van der Waals surface area contributed by atoms with E-state index in [0.717, 1.165) is 23.6 Å². The van der Waals surface area contributed by atoms with Crippen LogP contribution in [0.3, 0.4) is 0 Å². The van der Waals surface area contributed by atoms with E-state index >= 15 is 0 Å². The molecule has 0 saturated carbocycles. The van der Waals surface area contributed by atoms with E-state index in [4.69, 9.17) is 21.1 Å². The smallest absolute Gasteiger partial charge is 0.120 e. The maximum Gasteiger partial charge on any atom is 0.120 e. The minimum atomic E-state index is 0.432. The van der Waals surface area contributed by atoms with Crippen molar-refractivity contribution >= 4 is 11.6 Å². The number of benzene rings is 1. The summed E-state index contributed by atoms with van der Waals surface area (Å²) in [6, 6.07) is 5.82. The van der Waals surface area contributed by atoms with Crippen molar-refractivity contribution in [1.82, 2.24) is 0 Å². The molecule has 1 aliphatic rings. The van der Waals surface area contributed by atoms with Crippen LogP contribution in [-0.2, 0) is 11.2 Å². The summed E-state index contributed by atoms with van der Waals surface area (Å²) in [6.45, 7) is 2.10. The van der Waals surface area contributed by atoms with E-state index in [1.165, 1.54) is 5.56 Å². The van der Waals surface area contributed by atoms with Crippen molar-refractivity contribution in [2.75, 3.05) is 7.11 Å². The van der Waals surface area contributed by atoms with Crippen LogP contribution >= 0.6 is 11.6 Å². The quantitative estimate of drug-likeness (QED) is 0.736. The second-order valence-corrected chi connectivity index (χ2v) is 4.28. The number of aryl methyl sites for hydroxylation is 1. The van der Waals surface area contributed by atoms with E-state index in [2.05, 4.69) is 6.92 Å². The molecule has 1 aromatic carbocycles. The van der Waals surface area contributed by atoms with E-state index in [0.29, 0.717) is 12.2 Å². The van der Waals surface area contributed by atoms with Gasteiger partial charge in [-0.2, -0.15) is 0 Å². The lowest BCUT2D eigenvalue weighted by Gasteiger charge is -2.05. The van der Waals surface area contributed by atoms with Crippen molar-refractivity contribution in [2.24, 2.45) is 0 Å². The number of halogens is 1. The maximum atomic E-state index is 6.13. The van der Waals surface area contributed by atoms with E-state index < -0.39 is 0 Å². The normalized spacial score (nSPS) is 23.9. The van der Waals surface area contributed by atoms with Gasteiger partial charge in [0.25, 0.3) is 0 Å². The minimum Gasteiger partial charge on any atom is -0.497 e. The average Bonchev–Trinajstić information content (AvgIpc) is 2.93. The molecular weight excluding hydrogens is 212 g/mol. The third kappa shape index (κ3) is 2.64. The zero-order valence-electron chi connectivity index (χ0n) is 9.00. The molecule has 2 nitrogen and oxygen atoms in total. The number of hydrogen-bond donors (Lipinski definition) is 0. The van der Waals surface area contributed by atoms with Gasteiger partial charge in [0.1, 0.15) is 5.75 Å². The largest absolute Gasteiger partial charge is 0.497 e. The highest BCUT2D eigenvalue weighted by atomic mass is 35.5. The molecule has 0 spiro atoms. The van der Waals surface area contributed by atoms with Crippen LogP contribution in [0.5, 0.6) is 5.75 Å². The Morgan fingerprint density at radius 3 is 2.73 bits per heavy atom. The molecule has 3 heteroatoms. The van der Waals surface area contributed by atoms with Crippen LogP contribution < -0.4 is 4.74 Å². The van der Waals surface area contributed by atoms with Gasteiger partial charge >= 0.3 is 0 Å². The molecule has 15 heavy (non-hydrogen) atoms. The number of ether oxygens (including phenoxy) is 2. The lowest BCUT2D eigenvalue weighted by atomic mass is 10.1. The van der Waals surface area contributed by atoms with Crippen molar-refractivity contribution in [3.8, 4) is 5.75 Å². The van der Waals surface area contributed by atoms with E-state index in [1.807, 2.05) is 18.2 Å². The summed E-state index contributed by atoms with van der Waals surface area (Å²) in [6.07, 6.45) is 2.88. The zero-order valence-corrected chi connectivity index (χ0v) is 9.75. The van der Waals surface area contributed by atoms with Crippen LogP contribution in [0.4, 0.5) is 0 Å². The summed E-state index contributed by atoms with van der Waals surface area (Å²) in [5.74, 6) is 0.805. The van der Waals surface area contributed by atoms with Crippen LogP contribution in [0.2, 0.25) is 5.02 Å². The Hall–Kier alpha value is -0.730. The van der Waals surface area contributed by atoms with Gasteiger partial charge in [-0.3, -0.25) is 0 Å². The van der Waals surface area contributed by atoms with Crippen molar-refractivity contribution in [3.63, 3.8) is 0 Å². The van der Waals surface area contributed by atoms with Crippen LogP contribution in [-0.4, -0.2) is 19.3 Å². The van der Waals surface area contributed by atoms with Gasteiger partial charge in [-0.1, -0.05) is 17.7 Å². The van der Waals surface area contributed by atoms with Crippen LogP contribution in [0.15, 0.2) is 18.2 Å². The fourth-order valence-electron chi connectivity index (χ4n) is 1.69. The lowest BCUT2D eigenvalue weighted by Crippen LogP contribution is -1.95. The highest BCUT2D eigenvalue weighted by molar-refractivity contribution is 6.31. The molecule has 2 atom stereocenters. The molecule has 0 bridgehead atoms.